The Morgan fingerprint density at radius 1 is 0.914 bits per heavy atom. The number of nitrogens with two attached hydrogens (primary N) is 1. The van der Waals surface area contributed by atoms with Crippen LogP contribution in [0.4, 0.5) is 14.5 Å². The molecule has 4 rings (SSSR count). The Hall–Kier alpha value is -3.96. The van der Waals surface area contributed by atoms with Crippen molar-refractivity contribution in [1.29, 1.82) is 0 Å². The van der Waals surface area contributed by atoms with Crippen molar-refractivity contribution in [2.45, 2.75) is 23.9 Å². The molecule has 2 N–H and O–H groups in total. The number of sulfonamides is 1. The summed E-state index contributed by atoms with van der Waals surface area (Å²) < 4.78 is 49.8. The van der Waals surface area contributed by atoms with E-state index in [9.17, 15) is 31.6 Å². The lowest BCUT2D eigenvalue weighted by molar-refractivity contribution is -0.122. The highest BCUT2D eigenvalue weighted by Gasteiger charge is 2.44. The van der Waals surface area contributed by atoms with Gasteiger partial charge in [-0.1, -0.05) is 12.1 Å². The number of amides is 3. The molecule has 1 heterocycles. The van der Waals surface area contributed by atoms with Crippen molar-refractivity contribution < 1.29 is 31.6 Å². The van der Waals surface area contributed by atoms with Gasteiger partial charge in [-0.15, -0.1) is 0 Å². The number of imide groups is 1. The second-order valence-corrected chi connectivity index (χ2v) is 9.45. The molecule has 0 aromatic heterocycles. The molecule has 0 saturated carbocycles. The summed E-state index contributed by atoms with van der Waals surface area (Å²) in [4.78, 5) is 41.3. The minimum atomic E-state index is -3.97. The van der Waals surface area contributed by atoms with Crippen LogP contribution in [0, 0.1) is 11.6 Å². The predicted octanol–water partition coefficient (Wildman–Crippen LogP) is 2.59. The number of benzene rings is 3. The molecule has 0 radical (unpaired) electrons. The minimum Gasteiger partial charge on any atom is -0.322 e. The molecule has 3 aromatic carbocycles. The van der Waals surface area contributed by atoms with Gasteiger partial charge in [0.1, 0.15) is 17.7 Å². The fourth-order valence-electron chi connectivity index (χ4n) is 3.78. The van der Waals surface area contributed by atoms with Gasteiger partial charge in [-0.25, -0.2) is 27.2 Å². The summed E-state index contributed by atoms with van der Waals surface area (Å²) in [5.74, 6) is -2.94. The van der Waals surface area contributed by atoms with Crippen LogP contribution in [0.15, 0.2) is 77.7 Å². The fraction of sp³-hybridized carbons (Fsp3) is 0.125. The molecule has 1 fully saturated rings. The van der Waals surface area contributed by atoms with Crippen molar-refractivity contribution in [3.05, 3.63) is 95.6 Å². The molecule has 1 unspecified atom stereocenters. The Bertz CT molecular complexity index is 1390. The summed E-state index contributed by atoms with van der Waals surface area (Å²) in [6, 6.07) is 13.7. The van der Waals surface area contributed by atoms with Gasteiger partial charge < -0.3 is 4.90 Å². The lowest BCUT2D eigenvalue weighted by atomic mass is 10.1. The van der Waals surface area contributed by atoms with Gasteiger partial charge in [-0.05, 0) is 66.2 Å². The SMILES string of the molecule is NS(=O)(=O)c1ccc(N2C(=O)CC(N(Cc3ccc(F)cc3)C(=O)c3ccc(F)cc3)C2=O)cc1. The lowest BCUT2D eigenvalue weighted by Gasteiger charge is -2.28. The standard InChI is InChI=1S/C24H19F2N3O5S/c25-17-5-1-15(2-6-17)14-28(23(31)16-3-7-18(26)8-4-16)21-13-22(30)29(24(21)32)19-9-11-20(12-10-19)35(27,33)34/h1-12,21H,13-14H2,(H2,27,33,34). The molecule has 0 aliphatic carbocycles. The molecule has 0 spiro atoms. The van der Waals surface area contributed by atoms with Crippen LogP contribution in [-0.4, -0.2) is 37.1 Å². The molecular weight excluding hydrogens is 480 g/mol. The molecule has 11 heteroatoms. The molecule has 1 aliphatic rings. The summed E-state index contributed by atoms with van der Waals surface area (Å²) in [5.41, 5.74) is 0.730. The van der Waals surface area contributed by atoms with E-state index in [1.807, 2.05) is 0 Å². The Labute approximate surface area is 199 Å². The van der Waals surface area contributed by atoms with Gasteiger partial charge in [0.25, 0.3) is 11.8 Å². The summed E-state index contributed by atoms with van der Waals surface area (Å²) in [5, 5.41) is 5.09. The number of nitrogens with zero attached hydrogens (tertiary/aromatic N) is 2. The number of carbonyl (C=O) groups is 3. The molecule has 35 heavy (non-hydrogen) atoms. The topological polar surface area (TPSA) is 118 Å². The van der Waals surface area contributed by atoms with Gasteiger partial charge in [0.05, 0.1) is 17.0 Å². The highest BCUT2D eigenvalue weighted by atomic mass is 32.2. The molecule has 8 nitrogen and oxygen atoms in total. The number of halogens is 2. The first-order chi connectivity index (χ1) is 16.5. The van der Waals surface area contributed by atoms with Crippen LogP contribution in [-0.2, 0) is 26.2 Å². The zero-order valence-corrected chi connectivity index (χ0v) is 18.9. The first-order valence-electron chi connectivity index (χ1n) is 10.4. The van der Waals surface area contributed by atoms with Crippen molar-refractivity contribution in [2.75, 3.05) is 4.90 Å². The van der Waals surface area contributed by atoms with Gasteiger partial charge in [-0.2, -0.15) is 0 Å². The maximum absolute atomic E-state index is 13.4. The second-order valence-electron chi connectivity index (χ2n) is 7.89. The third kappa shape index (κ3) is 5.10. The van der Waals surface area contributed by atoms with E-state index in [4.69, 9.17) is 5.14 Å². The predicted molar refractivity (Wildman–Crippen MR) is 121 cm³/mol. The summed E-state index contributed by atoms with van der Waals surface area (Å²) in [6.45, 7) is -0.113. The molecular formula is C24H19F2N3O5S. The highest BCUT2D eigenvalue weighted by molar-refractivity contribution is 7.89. The van der Waals surface area contributed by atoms with E-state index in [2.05, 4.69) is 0 Å². The lowest BCUT2D eigenvalue weighted by Crippen LogP contribution is -2.45. The van der Waals surface area contributed by atoms with Crippen molar-refractivity contribution in [3.8, 4) is 0 Å². The maximum Gasteiger partial charge on any atom is 0.257 e. The molecule has 0 bridgehead atoms. The molecule has 3 amide bonds. The monoisotopic (exact) mass is 499 g/mol. The third-order valence-corrected chi connectivity index (χ3v) is 6.47. The van der Waals surface area contributed by atoms with E-state index in [-0.39, 0.29) is 29.1 Å². The Balaban J connectivity index is 1.67. The quantitative estimate of drug-likeness (QED) is 0.523. The second kappa shape index (κ2) is 9.35. The van der Waals surface area contributed by atoms with E-state index < -0.39 is 45.4 Å². The molecule has 3 aromatic rings. The van der Waals surface area contributed by atoms with Gasteiger partial charge in [0.2, 0.25) is 15.9 Å². The van der Waals surface area contributed by atoms with Crippen molar-refractivity contribution in [2.24, 2.45) is 5.14 Å². The van der Waals surface area contributed by atoms with Gasteiger partial charge >= 0.3 is 0 Å². The van der Waals surface area contributed by atoms with Crippen molar-refractivity contribution >= 4 is 33.4 Å². The Morgan fingerprint density at radius 3 is 2.00 bits per heavy atom. The van der Waals surface area contributed by atoms with E-state index >= 15 is 0 Å². The van der Waals surface area contributed by atoms with Crippen LogP contribution in [0.1, 0.15) is 22.3 Å². The first-order valence-corrected chi connectivity index (χ1v) is 11.9. The normalized spacial score (nSPS) is 16.0. The van der Waals surface area contributed by atoms with Crippen LogP contribution >= 0.6 is 0 Å². The Kier molecular flexibility index (Phi) is 6.46. The molecule has 1 saturated heterocycles. The number of primary sulfonamides is 1. The average molecular weight is 499 g/mol. The number of anilines is 1. The zero-order chi connectivity index (χ0) is 25.3. The highest BCUT2D eigenvalue weighted by Crippen LogP contribution is 2.28. The van der Waals surface area contributed by atoms with Crippen LogP contribution in [0.2, 0.25) is 0 Å². The van der Waals surface area contributed by atoms with Crippen molar-refractivity contribution in [3.63, 3.8) is 0 Å². The van der Waals surface area contributed by atoms with Gasteiger partial charge in [0, 0.05) is 12.1 Å². The summed E-state index contributed by atoms with van der Waals surface area (Å²) in [7, 11) is -3.97. The van der Waals surface area contributed by atoms with Crippen LogP contribution in [0.25, 0.3) is 0 Å². The number of hydrogen-bond donors (Lipinski definition) is 1. The van der Waals surface area contributed by atoms with E-state index in [0.29, 0.717) is 5.56 Å². The summed E-state index contributed by atoms with van der Waals surface area (Å²) >= 11 is 0. The van der Waals surface area contributed by atoms with E-state index in [1.165, 1.54) is 65.6 Å². The average Bonchev–Trinajstić information content (AvgIpc) is 3.11. The smallest absolute Gasteiger partial charge is 0.257 e. The molecule has 180 valence electrons. The zero-order valence-electron chi connectivity index (χ0n) is 18.1. The summed E-state index contributed by atoms with van der Waals surface area (Å²) in [6.07, 6.45) is -0.329. The van der Waals surface area contributed by atoms with Crippen molar-refractivity contribution in [1.82, 2.24) is 4.90 Å². The van der Waals surface area contributed by atoms with Gasteiger partial charge in [-0.3, -0.25) is 14.4 Å². The van der Waals surface area contributed by atoms with Gasteiger partial charge in [0.15, 0.2) is 0 Å². The number of rotatable bonds is 6. The first kappa shape index (κ1) is 24.2. The van der Waals surface area contributed by atoms with E-state index in [0.717, 1.165) is 17.0 Å². The largest absolute Gasteiger partial charge is 0.322 e. The van der Waals surface area contributed by atoms with Crippen LogP contribution in [0.3, 0.4) is 0 Å². The molecule has 1 aliphatic heterocycles. The maximum atomic E-state index is 13.4. The van der Waals surface area contributed by atoms with Crippen LogP contribution in [0.5, 0.6) is 0 Å². The Morgan fingerprint density at radius 2 is 1.46 bits per heavy atom. The van der Waals surface area contributed by atoms with E-state index in [1.54, 1.807) is 0 Å². The fourth-order valence-corrected chi connectivity index (χ4v) is 4.30. The number of carbonyl (C=O) groups excluding carboxylic acids is 3. The number of hydrogen-bond acceptors (Lipinski definition) is 5. The van der Waals surface area contributed by atoms with Crippen LogP contribution < -0.4 is 10.0 Å². The molecule has 1 atom stereocenters. The third-order valence-electron chi connectivity index (χ3n) is 5.54. The minimum absolute atomic E-state index is 0.102.